The summed E-state index contributed by atoms with van der Waals surface area (Å²) in [6.45, 7) is 4.51. The lowest BCUT2D eigenvalue weighted by Crippen LogP contribution is -2.08. The Balaban J connectivity index is 1.20. The van der Waals surface area contributed by atoms with E-state index in [-0.39, 0.29) is 5.97 Å². The van der Waals surface area contributed by atoms with E-state index < -0.39 is 0 Å². The van der Waals surface area contributed by atoms with Gasteiger partial charge in [-0.15, -0.1) is 23.5 Å². The lowest BCUT2D eigenvalue weighted by molar-refractivity contribution is 0.0735. The van der Waals surface area contributed by atoms with Gasteiger partial charge in [-0.05, 0) is 95.1 Å². The monoisotopic (exact) mass is 624 g/mol. The van der Waals surface area contributed by atoms with Crippen LogP contribution in [0.25, 0.3) is 22.3 Å². The van der Waals surface area contributed by atoms with Crippen LogP contribution in [0.2, 0.25) is 0 Å². The highest BCUT2D eigenvalue weighted by molar-refractivity contribution is 7.99. The molecule has 0 atom stereocenters. The average molecular weight is 625 g/mol. The van der Waals surface area contributed by atoms with Gasteiger partial charge >= 0.3 is 5.97 Å². The summed E-state index contributed by atoms with van der Waals surface area (Å²) >= 11 is 3.86. The smallest absolute Gasteiger partial charge is 0.343 e. The third-order valence-electron chi connectivity index (χ3n) is 7.84. The van der Waals surface area contributed by atoms with Gasteiger partial charge in [0.2, 0.25) is 0 Å². The van der Waals surface area contributed by atoms with Gasteiger partial charge in [-0.25, -0.2) is 4.79 Å². The quantitative estimate of drug-likeness (QED) is 0.0449. The predicted octanol–water partition coefficient (Wildman–Crippen LogP) is 12.8. The summed E-state index contributed by atoms with van der Waals surface area (Å²) in [5, 5.41) is 0. The molecule has 0 spiro atoms. The van der Waals surface area contributed by atoms with E-state index in [1.807, 2.05) is 72.1 Å². The van der Waals surface area contributed by atoms with Crippen LogP contribution in [0.1, 0.15) is 94.8 Å². The third kappa shape index (κ3) is 11.5. The molecule has 232 valence electrons. The second-order valence-corrected chi connectivity index (χ2v) is 13.8. The van der Waals surface area contributed by atoms with E-state index in [0.29, 0.717) is 11.3 Å². The maximum Gasteiger partial charge on any atom is 0.343 e. The van der Waals surface area contributed by atoms with E-state index >= 15 is 0 Å². The van der Waals surface area contributed by atoms with Crippen molar-refractivity contribution >= 4 is 29.5 Å². The number of unbranched alkanes of at least 4 members (excludes halogenated alkanes) is 9. The Bertz CT molecular complexity index is 1360. The van der Waals surface area contributed by atoms with Crippen LogP contribution in [0.3, 0.4) is 0 Å². The molecule has 0 unspecified atom stereocenters. The summed E-state index contributed by atoms with van der Waals surface area (Å²) in [6, 6.07) is 32.9. The second-order valence-electron chi connectivity index (χ2n) is 11.4. The minimum absolute atomic E-state index is 0.346. The molecule has 0 bridgehead atoms. The molecule has 4 rings (SSSR count). The van der Waals surface area contributed by atoms with E-state index in [2.05, 4.69) is 62.4 Å². The van der Waals surface area contributed by atoms with Crippen LogP contribution in [-0.2, 0) is 0 Å². The molecule has 0 heterocycles. The molecule has 0 fully saturated rings. The van der Waals surface area contributed by atoms with Gasteiger partial charge in [0, 0.05) is 9.79 Å². The lowest BCUT2D eigenvalue weighted by Gasteiger charge is -2.08. The number of carbonyl (C=O) groups excluding carboxylic acids is 1. The van der Waals surface area contributed by atoms with Crippen molar-refractivity contribution in [1.82, 2.24) is 0 Å². The Kier molecular flexibility index (Phi) is 15.0. The maximum atomic E-state index is 12.8. The van der Waals surface area contributed by atoms with Crippen LogP contribution in [0, 0.1) is 0 Å². The third-order valence-corrected chi connectivity index (χ3v) is 10.0. The summed E-state index contributed by atoms with van der Waals surface area (Å²) in [6.07, 6.45) is 14.7. The van der Waals surface area contributed by atoms with Crippen molar-refractivity contribution in [3.63, 3.8) is 0 Å². The van der Waals surface area contributed by atoms with Gasteiger partial charge in [0.05, 0.1) is 5.56 Å². The van der Waals surface area contributed by atoms with Gasteiger partial charge in [0.1, 0.15) is 5.75 Å². The predicted molar refractivity (Wildman–Crippen MR) is 192 cm³/mol. The van der Waals surface area contributed by atoms with E-state index in [4.69, 9.17) is 4.74 Å². The van der Waals surface area contributed by atoms with Gasteiger partial charge in [-0.1, -0.05) is 120 Å². The highest BCUT2D eigenvalue weighted by Crippen LogP contribution is 2.28. The van der Waals surface area contributed by atoms with Crippen LogP contribution >= 0.6 is 23.5 Å². The summed E-state index contributed by atoms with van der Waals surface area (Å²) in [5.41, 5.74) is 5.05. The summed E-state index contributed by atoms with van der Waals surface area (Å²) in [5.74, 6) is 2.55. The first-order valence-electron chi connectivity index (χ1n) is 16.5. The van der Waals surface area contributed by atoms with Crippen LogP contribution in [0.15, 0.2) is 107 Å². The zero-order valence-electron chi connectivity index (χ0n) is 26.6. The first-order valence-corrected chi connectivity index (χ1v) is 18.5. The Morgan fingerprint density at radius 2 is 0.841 bits per heavy atom. The number of thioether (sulfide) groups is 2. The molecule has 0 aromatic heterocycles. The van der Waals surface area contributed by atoms with Crippen LogP contribution in [0.5, 0.6) is 5.75 Å². The average Bonchev–Trinajstić information content (AvgIpc) is 3.07. The fraction of sp³-hybridized carbons (Fsp3) is 0.375. The van der Waals surface area contributed by atoms with E-state index in [1.165, 1.54) is 91.9 Å². The number of carbonyl (C=O) groups is 1. The van der Waals surface area contributed by atoms with Gasteiger partial charge in [0.25, 0.3) is 0 Å². The van der Waals surface area contributed by atoms with E-state index in [9.17, 15) is 4.79 Å². The van der Waals surface area contributed by atoms with E-state index in [1.54, 1.807) is 0 Å². The maximum absolute atomic E-state index is 12.8. The normalized spacial score (nSPS) is 11.0. The van der Waals surface area contributed by atoms with E-state index in [0.717, 1.165) is 22.3 Å². The van der Waals surface area contributed by atoms with Crippen molar-refractivity contribution in [2.75, 3.05) is 11.5 Å². The Morgan fingerprint density at radius 3 is 1.32 bits per heavy atom. The van der Waals surface area contributed by atoms with Crippen molar-refractivity contribution in [3.05, 3.63) is 103 Å². The fourth-order valence-electron chi connectivity index (χ4n) is 5.14. The molecule has 4 heteroatoms. The molecule has 0 aliphatic heterocycles. The highest BCUT2D eigenvalue weighted by atomic mass is 32.2. The van der Waals surface area contributed by atoms with Crippen molar-refractivity contribution in [3.8, 4) is 28.0 Å². The SMILES string of the molecule is CCCCCCCCCCSc1ccc(-c2ccc(OC(=O)c3ccc(-c4ccc(SCCCCC)cc4)cc3)cc2)cc1. The molecule has 4 aromatic carbocycles. The fourth-order valence-corrected chi connectivity index (χ4v) is 6.96. The number of ether oxygens (including phenoxy) is 1. The molecular weight excluding hydrogens is 577 g/mol. The topological polar surface area (TPSA) is 26.3 Å². The molecule has 0 saturated carbocycles. The summed E-state index contributed by atoms with van der Waals surface area (Å²) in [4.78, 5) is 15.4. The van der Waals surface area contributed by atoms with Gasteiger partial charge in [-0.3, -0.25) is 0 Å². The summed E-state index contributed by atoms with van der Waals surface area (Å²) in [7, 11) is 0. The molecular formula is C40H48O2S2. The first kappa shape index (κ1) is 33.9. The van der Waals surface area contributed by atoms with Crippen LogP contribution in [0.4, 0.5) is 0 Å². The number of hydrogen-bond acceptors (Lipinski definition) is 4. The van der Waals surface area contributed by atoms with Crippen molar-refractivity contribution in [2.45, 2.75) is 94.3 Å². The Morgan fingerprint density at radius 1 is 0.477 bits per heavy atom. The van der Waals surface area contributed by atoms with Crippen LogP contribution in [-0.4, -0.2) is 17.5 Å². The lowest BCUT2D eigenvalue weighted by atomic mass is 10.0. The molecule has 0 N–H and O–H groups in total. The molecule has 0 saturated heterocycles. The second kappa shape index (κ2) is 19.4. The molecule has 0 aliphatic carbocycles. The highest BCUT2D eigenvalue weighted by Gasteiger charge is 2.10. The zero-order valence-corrected chi connectivity index (χ0v) is 28.2. The zero-order chi connectivity index (χ0) is 30.8. The van der Waals surface area contributed by atoms with Gasteiger partial charge in [-0.2, -0.15) is 0 Å². The van der Waals surface area contributed by atoms with Crippen molar-refractivity contribution in [1.29, 1.82) is 0 Å². The number of rotatable bonds is 19. The Labute approximate surface area is 274 Å². The molecule has 2 nitrogen and oxygen atoms in total. The summed E-state index contributed by atoms with van der Waals surface area (Å²) < 4.78 is 5.68. The molecule has 4 aromatic rings. The number of hydrogen-bond donors (Lipinski definition) is 0. The van der Waals surface area contributed by atoms with Crippen LogP contribution < -0.4 is 4.74 Å². The molecule has 0 radical (unpaired) electrons. The minimum Gasteiger partial charge on any atom is -0.423 e. The molecule has 0 aliphatic rings. The number of esters is 1. The standard InChI is InChI=1S/C40H48O2S2/c1-3-5-7-8-9-10-11-13-31-44-39-28-22-35(23-29-39)33-18-24-37(25-19-33)42-40(41)36-16-14-32(15-17-36)34-20-26-38(27-21-34)43-30-12-6-4-2/h14-29H,3-13,30-31H2,1-2H3. The first-order chi connectivity index (χ1) is 21.7. The number of benzene rings is 4. The Hall–Kier alpha value is -2.95. The minimum atomic E-state index is -0.346. The van der Waals surface area contributed by atoms with Gasteiger partial charge in [0.15, 0.2) is 0 Å². The molecule has 44 heavy (non-hydrogen) atoms. The van der Waals surface area contributed by atoms with Gasteiger partial charge < -0.3 is 4.74 Å². The van der Waals surface area contributed by atoms with Crippen molar-refractivity contribution in [2.24, 2.45) is 0 Å². The largest absolute Gasteiger partial charge is 0.423 e. The van der Waals surface area contributed by atoms with Crippen molar-refractivity contribution < 1.29 is 9.53 Å². The molecule has 0 amide bonds.